The largest absolute Gasteiger partial charge is 0.306 e. The number of carbonyl (C=O) groups excluding carboxylic acids is 1. The van der Waals surface area contributed by atoms with Gasteiger partial charge in [0.25, 0.3) is 0 Å². The molecule has 1 aliphatic rings. The fourth-order valence-corrected chi connectivity index (χ4v) is 0.969. The van der Waals surface area contributed by atoms with Gasteiger partial charge < -0.3 is 10.1 Å². The summed E-state index contributed by atoms with van der Waals surface area (Å²) in [5, 5.41) is 11.3. The normalized spacial score (nSPS) is 33.7. The quantitative estimate of drug-likeness (QED) is 0.488. The number of hydrogen-bond acceptors (Lipinski definition) is 3. The molecular formula is C6H8N2O. The van der Waals surface area contributed by atoms with E-state index < -0.39 is 0 Å². The van der Waals surface area contributed by atoms with Crippen LogP contribution in [0.5, 0.6) is 0 Å². The lowest BCUT2D eigenvalue weighted by Gasteiger charge is -1.94. The Labute approximate surface area is 53.7 Å². The molecule has 0 aromatic rings. The molecule has 1 unspecified atom stereocenters. The van der Waals surface area contributed by atoms with Crippen LogP contribution in [0.1, 0.15) is 6.42 Å². The lowest BCUT2D eigenvalue weighted by atomic mass is 10.1. The van der Waals surface area contributed by atoms with Crippen molar-refractivity contribution in [2.24, 2.45) is 5.92 Å². The lowest BCUT2D eigenvalue weighted by molar-refractivity contribution is -0.109. The summed E-state index contributed by atoms with van der Waals surface area (Å²) in [6.45, 7) is 0.667. The fraction of sp³-hybridized carbons (Fsp3) is 0.667. The van der Waals surface area contributed by atoms with Gasteiger partial charge in [-0.1, -0.05) is 0 Å². The first kappa shape index (κ1) is 6.24. The molecule has 0 aliphatic carbocycles. The topological polar surface area (TPSA) is 52.9 Å². The summed E-state index contributed by atoms with van der Waals surface area (Å²) in [6.07, 6.45) is 1.54. The SMILES string of the molecule is N#CC1CN[C@H](C=O)C1. The number of nitriles is 1. The standard InChI is InChI=1S/C6H8N2O/c7-2-5-1-6(4-9)8-3-5/h4-6,8H,1,3H2/t5?,6-/m0/s1. The number of nitrogens with one attached hydrogen (secondary N) is 1. The van der Waals surface area contributed by atoms with Crippen molar-refractivity contribution >= 4 is 6.29 Å². The first-order valence-corrected chi connectivity index (χ1v) is 2.95. The highest BCUT2D eigenvalue weighted by Gasteiger charge is 2.22. The minimum Gasteiger partial charge on any atom is -0.306 e. The molecule has 1 heterocycles. The highest BCUT2D eigenvalue weighted by atomic mass is 16.1. The smallest absolute Gasteiger partial charge is 0.136 e. The van der Waals surface area contributed by atoms with Gasteiger partial charge in [0.05, 0.1) is 18.0 Å². The van der Waals surface area contributed by atoms with Gasteiger partial charge in [0, 0.05) is 6.54 Å². The van der Waals surface area contributed by atoms with Crippen LogP contribution in [0.25, 0.3) is 0 Å². The van der Waals surface area contributed by atoms with E-state index in [0.717, 1.165) is 6.29 Å². The number of rotatable bonds is 1. The maximum atomic E-state index is 10.1. The van der Waals surface area contributed by atoms with Gasteiger partial charge in [0.15, 0.2) is 0 Å². The summed E-state index contributed by atoms with van der Waals surface area (Å²) >= 11 is 0. The van der Waals surface area contributed by atoms with E-state index in [4.69, 9.17) is 5.26 Å². The maximum absolute atomic E-state index is 10.1. The van der Waals surface area contributed by atoms with Gasteiger partial charge in [0.1, 0.15) is 6.29 Å². The zero-order valence-corrected chi connectivity index (χ0v) is 5.00. The second-order valence-corrected chi connectivity index (χ2v) is 2.21. The van der Waals surface area contributed by atoms with E-state index in [1.165, 1.54) is 0 Å². The molecule has 48 valence electrons. The summed E-state index contributed by atoms with van der Waals surface area (Å²) < 4.78 is 0. The Hall–Kier alpha value is -0.880. The van der Waals surface area contributed by atoms with Crippen molar-refractivity contribution in [3.63, 3.8) is 0 Å². The van der Waals surface area contributed by atoms with Crippen LogP contribution in [0, 0.1) is 17.2 Å². The monoisotopic (exact) mass is 124 g/mol. The fourth-order valence-electron chi connectivity index (χ4n) is 0.969. The van der Waals surface area contributed by atoms with Crippen LogP contribution in [-0.2, 0) is 4.79 Å². The van der Waals surface area contributed by atoms with Crippen molar-refractivity contribution in [3.8, 4) is 6.07 Å². The maximum Gasteiger partial charge on any atom is 0.136 e. The average molecular weight is 124 g/mol. The Morgan fingerprint density at radius 2 is 2.56 bits per heavy atom. The van der Waals surface area contributed by atoms with Crippen molar-refractivity contribution < 1.29 is 4.79 Å². The molecule has 1 N–H and O–H groups in total. The van der Waals surface area contributed by atoms with E-state index in [-0.39, 0.29) is 12.0 Å². The van der Waals surface area contributed by atoms with E-state index in [9.17, 15) is 4.79 Å². The number of aldehydes is 1. The van der Waals surface area contributed by atoms with Crippen molar-refractivity contribution in [1.29, 1.82) is 5.26 Å². The highest BCUT2D eigenvalue weighted by molar-refractivity contribution is 5.58. The molecule has 1 rings (SSSR count). The van der Waals surface area contributed by atoms with Gasteiger partial charge in [-0.2, -0.15) is 5.26 Å². The Kier molecular flexibility index (Phi) is 1.81. The summed E-state index contributed by atoms with van der Waals surface area (Å²) in [4.78, 5) is 10.1. The predicted molar refractivity (Wildman–Crippen MR) is 31.6 cm³/mol. The number of hydrogen-bond donors (Lipinski definition) is 1. The second kappa shape index (κ2) is 2.60. The van der Waals surface area contributed by atoms with Crippen LogP contribution in [0.3, 0.4) is 0 Å². The van der Waals surface area contributed by atoms with E-state index in [1.54, 1.807) is 0 Å². The highest BCUT2D eigenvalue weighted by Crippen LogP contribution is 2.10. The third-order valence-corrected chi connectivity index (χ3v) is 1.51. The Balaban J connectivity index is 2.39. The molecule has 0 radical (unpaired) electrons. The van der Waals surface area contributed by atoms with Gasteiger partial charge in [-0.3, -0.25) is 0 Å². The molecule has 0 saturated carbocycles. The van der Waals surface area contributed by atoms with Crippen molar-refractivity contribution in [3.05, 3.63) is 0 Å². The number of carbonyl (C=O) groups is 1. The molecule has 3 nitrogen and oxygen atoms in total. The molecule has 0 spiro atoms. The predicted octanol–water partition coefficient (Wildman–Crippen LogP) is -0.313. The second-order valence-electron chi connectivity index (χ2n) is 2.21. The molecule has 1 fully saturated rings. The first-order valence-electron chi connectivity index (χ1n) is 2.95. The third kappa shape index (κ3) is 1.27. The molecule has 0 aromatic carbocycles. The van der Waals surface area contributed by atoms with Gasteiger partial charge in [0.2, 0.25) is 0 Å². The minimum absolute atomic E-state index is 0.0419. The van der Waals surface area contributed by atoms with Gasteiger partial charge in [-0.25, -0.2) is 0 Å². The van der Waals surface area contributed by atoms with E-state index in [1.807, 2.05) is 0 Å². The summed E-state index contributed by atoms with van der Waals surface area (Å²) in [7, 11) is 0. The van der Waals surface area contributed by atoms with Crippen molar-refractivity contribution in [2.45, 2.75) is 12.5 Å². The first-order chi connectivity index (χ1) is 4.36. The van der Waals surface area contributed by atoms with Gasteiger partial charge >= 0.3 is 0 Å². The van der Waals surface area contributed by atoms with E-state index in [2.05, 4.69) is 11.4 Å². The van der Waals surface area contributed by atoms with Crippen LogP contribution in [0.15, 0.2) is 0 Å². The van der Waals surface area contributed by atoms with E-state index >= 15 is 0 Å². The molecule has 0 aromatic heterocycles. The van der Waals surface area contributed by atoms with Crippen LogP contribution < -0.4 is 5.32 Å². The zero-order chi connectivity index (χ0) is 6.69. The molecule has 1 saturated heterocycles. The Bertz CT molecular complexity index is 150. The van der Waals surface area contributed by atoms with Crippen LogP contribution in [0.2, 0.25) is 0 Å². The van der Waals surface area contributed by atoms with Crippen LogP contribution >= 0.6 is 0 Å². The van der Waals surface area contributed by atoms with Crippen LogP contribution in [0.4, 0.5) is 0 Å². The molecular weight excluding hydrogens is 116 g/mol. The summed E-state index contributed by atoms with van der Waals surface area (Å²) in [6, 6.07) is 2.03. The number of nitrogens with zero attached hydrogens (tertiary/aromatic N) is 1. The average Bonchev–Trinajstić information content (AvgIpc) is 2.34. The Morgan fingerprint density at radius 1 is 1.78 bits per heavy atom. The van der Waals surface area contributed by atoms with E-state index in [0.29, 0.717) is 13.0 Å². The molecule has 3 heteroatoms. The van der Waals surface area contributed by atoms with Gasteiger partial charge in [-0.05, 0) is 6.42 Å². The molecule has 0 bridgehead atoms. The zero-order valence-electron chi connectivity index (χ0n) is 5.00. The molecule has 0 amide bonds. The molecule has 1 aliphatic heterocycles. The third-order valence-electron chi connectivity index (χ3n) is 1.51. The molecule has 2 atom stereocenters. The molecule has 9 heavy (non-hydrogen) atoms. The Morgan fingerprint density at radius 3 is 2.89 bits per heavy atom. The van der Waals surface area contributed by atoms with Crippen molar-refractivity contribution in [2.75, 3.05) is 6.54 Å². The minimum atomic E-state index is -0.0744. The summed E-state index contributed by atoms with van der Waals surface area (Å²) in [5.74, 6) is 0.0419. The van der Waals surface area contributed by atoms with Crippen LogP contribution in [-0.4, -0.2) is 18.9 Å². The van der Waals surface area contributed by atoms with Gasteiger partial charge in [-0.15, -0.1) is 0 Å². The van der Waals surface area contributed by atoms with Crippen molar-refractivity contribution in [1.82, 2.24) is 5.32 Å². The summed E-state index contributed by atoms with van der Waals surface area (Å²) in [5.41, 5.74) is 0. The lowest BCUT2D eigenvalue weighted by Crippen LogP contribution is -2.22.